The Morgan fingerprint density at radius 2 is 1.56 bits per heavy atom. The molecule has 2 rings (SSSR count). The van der Waals surface area contributed by atoms with E-state index in [9.17, 15) is 0 Å². The van der Waals surface area contributed by atoms with Crippen molar-refractivity contribution in [3.8, 4) is 5.75 Å². The first-order valence-corrected chi connectivity index (χ1v) is 6.09. The molecule has 3 heteroatoms. The molecule has 0 saturated heterocycles. The standard InChI is InChI=1S/C13H12INO/c14-11-3-5-12(6-4-11)15-9-10-1-7-13(16)8-2-10/h1-8,15-16H,9H2. The van der Waals surface area contributed by atoms with E-state index in [1.165, 1.54) is 3.57 Å². The molecular weight excluding hydrogens is 313 g/mol. The van der Waals surface area contributed by atoms with E-state index < -0.39 is 0 Å². The van der Waals surface area contributed by atoms with Gasteiger partial charge in [-0.05, 0) is 64.6 Å². The molecule has 2 aromatic rings. The number of benzene rings is 2. The fourth-order valence-electron chi connectivity index (χ4n) is 1.39. The van der Waals surface area contributed by atoms with Crippen LogP contribution >= 0.6 is 22.6 Å². The molecule has 0 aromatic heterocycles. The third-order valence-corrected chi connectivity index (χ3v) is 3.00. The third kappa shape index (κ3) is 3.13. The zero-order chi connectivity index (χ0) is 11.4. The van der Waals surface area contributed by atoms with Crippen molar-refractivity contribution in [1.82, 2.24) is 0 Å². The van der Waals surface area contributed by atoms with Gasteiger partial charge in [-0.1, -0.05) is 12.1 Å². The van der Waals surface area contributed by atoms with E-state index in [1.807, 2.05) is 12.1 Å². The molecular formula is C13H12INO. The van der Waals surface area contributed by atoms with E-state index in [0.29, 0.717) is 5.75 Å². The Hall–Kier alpha value is -1.23. The normalized spacial score (nSPS) is 10.1. The van der Waals surface area contributed by atoms with Gasteiger partial charge in [0, 0.05) is 15.8 Å². The number of halogens is 1. The predicted molar refractivity (Wildman–Crippen MR) is 74.6 cm³/mol. The van der Waals surface area contributed by atoms with Gasteiger partial charge in [0.25, 0.3) is 0 Å². The lowest BCUT2D eigenvalue weighted by molar-refractivity contribution is 0.475. The van der Waals surface area contributed by atoms with E-state index in [-0.39, 0.29) is 0 Å². The Kier molecular flexibility index (Phi) is 3.66. The zero-order valence-corrected chi connectivity index (χ0v) is 10.8. The first-order valence-electron chi connectivity index (χ1n) is 5.01. The van der Waals surface area contributed by atoms with E-state index in [2.05, 4.69) is 52.2 Å². The summed E-state index contributed by atoms with van der Waals surface area (Å²) in [6.07, 6.45) is 0. The van der Waals surface area contributed by atoms with Crippen LogP contribution in [0.3, 0.4) is 0 Å². The second kappa shape index (κ2) is 5.21. The Morgan fingerprint density at radius 1 is 0.938 bits per heavy atom. The maximum atomic E-state index is 9.15. The Labute approximate surface area is 108 Å². The van der Waals surface area contributed by atoms with Gasteiger partial charge in [0.1, 0.15) is 5.75 Å². The lowest BCUT2D eigenvalue weighted by Gasteiger charge is -2.06. The minimum atomic E-state index is 0.304. The Morgan fingerprint density at radius 3 is 2.19 bits per heavy atom. The minimum Gasteiger partial charge on any atom is -0.508 e. The topological polar surface area (TPSA) is 32.3 Å². The first kappa shape index (κ1) is 11.3. The highest BCUT2D eigenvalue weighted by Gasteiger charge is 1.94. The number of hydrogen-bond donors (Lipinski definition) is 2. The molecule has 0 fully saturated rings. The molecule has 0 amide bonds. The van der Waals surface area contributed by atoms with Crippen molar-refractivity contribution in [2.24, 2.45) is 0 Å². The van der Waals surface area contributed by atoms with Gasteiger partial charge in [-0.2, -0.15) is 0 Å². The van der Waals surface area contributed by atoms with Crippen molar-refractivity contribution < 1.29 is 5.11 Å². The summed E-state index contributed by atoms with van der Waals surface area (Å²) < 4.78 is 1.23. The zero-order valence-electron chi connectivity index (χ0n) is 8.65. The number of phenolic OH excluding ortho intramolecular Hbond substituents is 1. The SMILES string of the molecule is Oc1ccc(CNc2ccc(I)cc2)cc1. The van der Waals surface area contributed by atoms with Crippen molar-refractivity contribution in [3.63, 3.8) is 0 Å². The molecule has 0 spiro atoms. The van der Waals surface area contributed by atoms with Crippen molar-refractivity contribution in [2.45, 2.75) is 6.54 Å². The highest BCUT2D eigenvalue weighted by Crippen LogP contribution is 2.14. The third-order valence-electron chi connectivity index (χ3n) is 2.28. The second-order valence-electron chi connectivity index (χ2n) is 3.53. The van der Waals surface area contributed by atoms with Crippen LogP contribution in [0.25, 0.3) is 0 Å². The van der Waals surface area contributed by atoms with E-state index >= 15 is 0 Å². The van der Waals surface area contributed by atoms with Gasteiger partial charge in [-0.3, -0.25) is 0 Å². The highest BCUT2D eigenvalue weighted by molar-refractivity contribution is 14.1. The number of nitrogens with one attached hydrogen (secondary N) is 1. The number of aromatic hydroxyl groups is 1. The molecule has 0 bridgehead atoms. The van der Waals surface area contributed by atoms with E-state index in [0.717, 1.165) is 17.8 Å². The molecule has 2 aromatic carbocycles. The van der Waals surface area contributed by atoms with Gasteiger partial charge < -0.3 is 10.4 Å². The predicted octanol–water partition coefficient (Wildman–Crippen LogP) is 3.61. The van der Waals surface area contributed by atoms with Gasteiger partial charge in [0.05, 0.1) is 0 Å². The van der Waals surface area contributed by atoms with E-state index in [4.69, 9.17) is 5.11 Å². The monoisotopic (exact) mass is 325 g/mol. The molecule has 0 atom stereocenters. The van der Waals surface area contributed by atoms with E-state index in [1.54, 1.807) is 12.1 Å². The lowest BCUT2D eigenvalue weighted by Crippen LogP contribution is -1.98. The number of hydrogen-bond acceptors (Lipinski definition) is 2. The molecule has 0 unspecified atom stereocenters. The summed E-state index contributed by atoms with van der Waals surface area (Å²) in [5.74, 6) is 0.304. The van der Waals surface area contributed by atoms with Crippen molar-refractivity contribution >= 4 is 28.3 Å². The summed E-state index contributed by atoms with van der Waals surface area (Å²) in [4.78, 5) is 0. The summed E-state index contributed by atoms with van der Waals surface area (Å²) in [7, 11) is 0. The van der Waals surface area contributed by atoms with Crippen molar-refractivity contribution in [3.05, 3.63) is 57.7 Å². The van der Waals surface area contributed by atoms with Gasteiger partial charge in [0.15, 0.2) is 0 Å². The number of anilines is 1. The molecule has 0 radical (unpaired) electrons. The smallest absolute Gasteiger partial charge is 0.115 e. The van der Waals surface area contributed by atoms with Crippen LogP contribution in [0, 0.1) is 3.57 Å². The summed E-state index contributed by atoms with van der Waals surface area (Å²) in [6.45, 7) is 0.765. The summed E-state index contributed by atoms with van der Waals surface area (Å²) in [6, 6.07) is 15.5. The molecule has 2 nitrogen and oxygen atoms in total. The average molecular weight is 325 g/mol. The van der Waals surface area contributed by atoms with Gasteiger partial charge in [0.2, 0.25) is 0 Å². The minimum absolute atomic E-state index is 0.304. The summed E-state index contributed by atoms with van der Waals surface area (Å²) in [5, 5.41) is 12.5. The van der Waals surface area contributed by atoms with Crippen molar-refractivity contribution in [1.29, 1.82) is 0 Å². The maximum Gasteiger partial charge on any atom is 0.115 e. The van der Waals surface area contributed by atoms with Crippen LogP contribution in [-0.4, -0.2) is 5.11 Å². The molecule has 0 aliphatic carbocycles. The number of phenols is 1. The molecule has 0 saturated carbocycles. The van der Waals surface area contributed by atoms with Crippen LogP contribution in [-0.2, 0) is 6.54 Å². The number of rotatable bonds is 3. The van der Waals surface area contributed by atoms with Crippen LogP contribution in [0.5, 0.6) is 5.75 Å². The maximum absolute atomic E-state index is 9.15. The van der Waals surface area contributed by atoms with Crippen LogP contribution in [0.4, 0.5) is 5.69 Å². The summed E-state index contributed by atoms with van der Waals surface area (Å²) in [5.41, 5.74) is 2.25. The molecule has 0 aliphatic heterocycles. The van der Waals surface area contributed by atoms with Crippen LogP contribution in [0.15, 0.2) is 48.5 Å². The van der Waals surface area contributed by atoms with Crippen molar-refractivity contribution in [2.75, 3.05) is 5.32 Å². The van der Waals surface area contributed by atoms with Crippen LogP contribution in [0.2, 0.25) is 0 Å². The largest absolute Gasteiger partial charge is 0.508 e. The molecule has 2 N–H and O–H groups in total. The quantitative estimate of drug-likeness (QED) is 0.845. The molecule has 82 valence electrons. The van der Waals surface area contributed by atoms with Gasteiger partial charge >= 0.3 is 0 Å². The van der Waals surface area contributed by atoms with Gasteiger partial charge in [-0.15, -0.1) is 0 Å². The fourth-order valence-corrected chi connectivity index (χ4v) is 1.75. The lowest BCUT2D eigenvalue weighted by atomic mass is 10.2. The Balaban J connectivity index is 1.97. The summed E-state index contributed by atoms with van der Waals surface area (Å²) >= 11 is 2.28. The first-order chi connectivity index (χ1) is 7.74. The van der Waals surface area contributed by atoms with Gasteiger partial charge in [-0.25, -0.2) is 0 Å². The van der Waals surface area contributed by atoms with Crippen LogP contribution in [0.1, 0.15) is 5.56 Å². The average Bonchev–Trinajstić information content (AvgIpc) is 2.30. The second-order valence-corrected chi connectivity index (χ2v) is 4.77. The molecule has 0 aliphatic rings. The fraction of sp³-hybridized carbons (Fsp3) is 0.0769. The Bertz CT molecular complexity index is 405. The highest BCUT2D eigenvalue weighted by atomic mass is 127. The van der Waals surface area contributed by atoms with Crippen LogP contribution < -0.4 is 5.32 Å². The molecule has 0 heterocycles. The molecule has 16 heavy (non-hydrogen) atoms.